The quantitative estimate of drug-likeness (QED) is 0.360. The maximum atomic E-state index is 14.5. The largest absolute Gasteiger partial charge is 0.343 e. The molecule has 0 radical (unpaired) electrons. The first-order valence-corrected chi connectivity index (χ1v) is 16.7. The molecule has 1 saturated carbocycles. The van der Waals surface area contributed by atoms with Crippen LogP contribution in [0.4, 0.5) is 0 Å². The predicted molar refractivity (Wildman–Crippen MR) is 178 cm³/mol. The molecule has 242 valence electrons. The van der Waals surface area contributed by atoms with Gasteiger partial charge in [-0.15, -0.1) is 0 Å². The van der Waals surface area contributed by atoms with Crippen LogP contribution in [0.2, 0.25) is 0 Å². The van der Waals surface area contributed by atoms with Gasteiger partial charge in [-0.2, -0.15) is 0 Å². The van der Waals surface area contributed by atoms with Crippen LogP contribution >= 0.6 is 0 Å². The first-order chi connectivity index (χ1) is 22.3. The molecular formula is C37H45N5O4. The molecule has 4 amide bonds. The molecule has 1 aliphatic carbocycles. The van der Waals surface area contributed by atoms with Gasteiger partial charge in [-0.3, -0.25) is 19.2 Å². The summed E-state index contributed by atoms with van der Waals surface area (Å²) in [5, 5.41) is 8.21. The standard InChI is InChI=1S/C37H45N5O4/c1-25(38-2)35(44)39-34(29-14-7-4-8-15-29)37(46)41-24-33(43)42-31(22-27-17-18-28-13-9-10-16-30(28)21-27)36(45)40(23-32(41)42)20-19-26-11-5-3-6-12-26/h3,5-6,9-13,16-18,21,25,29,31-32,34,38H,4,7-8,14-15,19-20,22-24H2,1-2H3,(H,39,44)/t25-,31-,32+,34-/m0/s1. The van der Waals surface area contributed by atoms with E-state index in [0.29, 0.717) is 19.4 Å². The van der Waals surface area contributed by atoms with E-state index in [9.17, 15) is 19.2 Å². The summed E-state index contributed by atoms with van der Waals surface area (Å²) in [5.74, 6) is -0.774. The summed E-state index contributed by atoms with van der Waals surface area (Å²) in [6.07, 6.45) is 5.28. The lowest BCUT2D eigenvalue weighted by Gasteiger charge is -2.45. The third kappa shape index (κ3) is 6.65. The summed E-state index contributed by atoms with van der Waals surface area (Å²) in [6, 6.07) is 22.4. The third-order valence-electron chi connectivity index (χ3n) is 10.1. The van der Waals surface area contributed by atoms with E-state index < -0.39 is 24.3 Å². The van der Waals surface area contributed by atoms with E-state index in [2.05, 4.69) is 22.8 Å². The number of benzene rings is 3. The lowest BCUT2D eigenvalue weighted by atomic mass is 9.83. The minimum absolute atomic E-state index is 0.00575. The van der Waals surface area contributed by atoms with E-state index in [1.54, 1.807) is 23.8 Å². The van der Waals surface area contributed by atoms with Crippen molar-refractivity contribution in [3.63, 3.8) is 0 Å². The number of nitrogens with one attached hydrogen (secondary N) is 2. The van der Waals surface area contributed by atoms with Crippen LogP contribution in [0.5, 0.6) is 0 Å². The summed E-state index contributed by atoms with van der Waals surface area (Å²) in [4.78, 5) is 60.7. The number of rotatable bonds is 10. The number of hydrogen-bond donors (Lipinski definition) is 2. The highest BCUT2D eigenvalue weighted by Gasteiger charge is 2.52. The molecule has 9 nitrogen and oxygen atoms in total. The second kappa shape index (κ2) is 14.0. The van der Waals surface area contributed by atoms with Crippen molar-refractivity contribution < 1.29 is 19.2 Å². The lowest BCUT2D eigenvalue weighted by molar-refractivity contribution is -0.156. The minimum atomic E-state index is -0.729. The molecule has 3 aliphatic rings. The van der Waals surface area contributed by atoms with Gasteiger partial charge in [0, 0.05) is 13.0 Å². The van der Waals surface area contributed by atoms with E-state index in [4.69, 9.17) is 0 Å². The number of amides is 4. The molecule has 3 fully saturated rings. The van der Waals surface area contributed by atoms with Crippen molar-refractivity contribution in [2.45, 2.75) is 76.2 Å². The molecule has 6 rings (SSSR count). The van der Waals surface area contributed by atoms with Gasteiger partial charge in [0.1, 0.15) is 24.8 Å². The minimum Gasteiger partial charge on any atom is -0.343 e. The van der Waals surface area contributed by atoms with Crippen LogP contribution in [-0.4, -0.2) is 89.3 Å². The fourth-order valence-corrected chi connectivity index (χ4v) is 7.38. The van der Waals surface area contributed by atoms with Gasteiger partial charge in [0.05, 0.1) is 12.6 Å². The van der Waals surface area contributed by atoms with E-state index in [1.165, 1.54) is 0 Å². The number of carbonyl (C=O) groups excluding carboxylic acids is 4. The highest BCUT2D eigenvalue weighted by Crippen LogP contribution is 2.32. The average molecular weight is 624 g/mol. The van der Waals surface area contributed by atoms with Gasteiger partial charge in [0.15, 0.2) is 0 Å². The number of nitrogens with zero attached hydrogens (tertiary/aromatic N) is 3. The topological polar surface area (TPSA) is 102 Å². The molecule has 46 heavy (non-hydrogen) atoms. The van der Waals surface area contributed by atoms with Crippen molar-refractivity contribution >= 4 is 34.4 Å². The Morgan fingerprint density at radius 2 is 1.61 bits per heavy atom. The molecule has 0 spiro atoms. The molecule has 0 bridgehead atoms. The Morgan fingerprint density at radius 3 is 2.35 bits per heavy atom. The second-order valence-corrected chi connectivity index (χ2v) is 13.1. The zero-order valence-corrected chi connectivity index (χ0v) is 26.9. The van der Waals surface area contributed by atoms with Crippen LogP contribution in [-0.2, 0) is 32.0 Å². The Balaban J connectivity index is 1.30. The van der Waals surface area contributed by atoms with Crippen molar-refractivity contribution in [2.24, 2.45) is 5.92 Å². The first-order valence-electron chi connectivity index (χ1n) is 16.7. The molecule has 2 saturated heterocycles. The van der Waals surface area contributed by atoms with Crippen LogP contribution in [0.1, 0.15) is 50.2 Å². The number of piperazine rings is 1. The molecule has 9 heteroatoms. The van der Waals surface area contributed by atoms with Gasteiger partial charge in [-0.05, 0) is 61.1 Å². The molecule has 3 aromatic rings. The van der Waals surface area contributed by atoms with E-state index >= 15 is 0 Å². The molecule has 2 heterocycles. The Hall–Kier alpha value is -4.24. The Kier molecular flexibility index (Phi) is 9.68. The van der Waals surface area contributed by atoms with Crippen LogP contribution in [0.15, 0.2) is 72.8 Å². The van der Waals surface area contributed by atoms with Crippen LogP contribution in [0.25, 0.3) is 10.8 Å². The highest BCUT2D eigenvalue weighted by atomic mass is 16.2. The van der Waals surface area contributed by atoms with Crippen molar-refractivity contribution in [3.05, 3.63) is 83.9 Å². The van der Waals surface area contributed by atoms with Gasteiger partial charge in [0.2, 0.25) is 23.6 Å². The van der Waals surface area contributed by atoms with E-state index in [-0.39, 0.29) is 42.6 Å². The van der Waals surface area contributed by atoms with Crippen LogP contribution in [0.3, 0.4) is 0 Å². The third-order valence-corrected chi connectivity index (χ3v) is 10.1. The van der Waals surface area contributed by atoms with Gasteiger partial charge < -0.3 is 25.3 Å². The number of hydrogen-bond acceptors (Lipinski definition) is 5. The van der Waals surface area contributed by atoms with E-state index in [1.807, 2.05) is 65.6 Å². The summed E-state index contributed by atoms with van der Waals surface area (Å²) in [7, 11) is 1.72. The molecule has 0 unspecified atom stereocenters. The fourth-order valence-electron chi connectivity index (χ4n) is 7.38. The van der Waals surface area contributed by atoms with Crippen molar-refractivity contribution in [2.75, 3.05) is 26.7 Å². The van der Waals surface area contributed by atoms with Crippen LogP contribution in [0, 0.1) is 5.92 Å². The Labute approximate surface area is 271 Å². The Bertz CT molecular complexity index is 1570. The maximum absolute atomic E-state index is 14.5. The Morgan fingerprint density at radius 1 is 0.891 bits per heavy atom. The monoisotopic (exact) mass is 623 g/mol. The maximum Gasteiger partial charge on any atom is 0.247 e. The fraction of sp³-hybridized carbons (Fsp3) is 0.459. The van der Waals surface area contributed by atoms with E-state index in [0.717, 1.165) is 54.0 Å². The van der Waals surface area contributed by atoms with Crippen molar-refractivity contribution in [1.82, 2.24) is 25.3 Å². The second-order valence-electron chi connectivity index (χ2n) is 13.1. The van der Waals surface area contributed by atoms with Gasteiger partial charge in [0.25, 0.3) is 0 Å². The SMILES string of the molecule is CN[C@@H](C)C(=O)N[C@H](C(=O)N1CC(=O)N2[C@@H]1CN(CCc1ccccc1)C(=O)[C@@H]2Cc1ccc2ccccc2c1)C1CCCCC1. The summed E-state index contributed by atoms with van der Waals surface area (Å²) in [5.41, 5.74) is 2.09. The molecule has 0 aromatic heterocycles. The summed E-state index contributed by atoms with van der Waals surface area (Å²) >= 11 is 0. The number of likely N-dealkylation sites (N-methyl/N-ethyl adjacent to an activating group) is 1. The van der Waals surface area contributed by atoms with Crippen LogP contribution < -0.4 is 10.6 Å². The molecule has 4 atom stereocenters. The summed E-state index contributed by atoms with van der Waals surface area (Å²) in [6.45, 7) is 2.40. The van der Waals surface area contributed by atoms with Gasteiger partial charge in [-0.25, -0.2) is 0 Å². The number of fused-ring (bicyclic) bond motifs is 2. The predicted octanol–water partition coefficient (Wildman–Crippen LogP) is 3.51. The highest BCUT2D eigenvalue weighted by molar-refractivity contribution is 5.97. The molecular weight excluding hydrogens is 578 g/mol. The van der Waals surface area contributed by atoms with Gasteiger partial charge in [-0.1, -0.05) is 92.1 Å². The summed E-state index contributed by atoms with van der Waals surface area (Å²) < 4.78 is 0. The number of carbonyl (C=O) groups is 4. The van der Waals surface area contributed by atoms with Gasteiger partial charge >= 0.3 is 0 Å². The van der Waals surface area contributed by atoms with Crippen molar-refractivity contribution in [1.29, 1.82) is 0 Å². The van der Waals surface area contributed by atoms with Crippen molar-refractivity contribution in [3.8, 4) is 0 Å². The molecule has 2 N–H and O–H groups in total. The molecule has 2 aliphatic heterocycles. The smallest absolute Gasteiger partial charge is 0.247 e. The average Bonchev–Trinajstić information content (AvgIpc) is 3.43. The molecule has 3 aromatic carbocycles. The zero-order valence-electron chi connectivity index (χ0n) is 26.9. The zero-order chi connectivity index (χ0) is 32.2. The lowest BCUT2D eigenvalue weighted by Crippen LogP contribution is -2.66. The first kappa shape index (κ1) is 31.7. The normalized spacial score (nSPS) is 21.7.